The van der Waals surface area contributed by atoms with Gasteiger partial charge in [0.1, 0.15) is 5.82 Å². The molecule has 0 N–H and O–H groups in total. The average molecular weight is 413 g/mol. The Bertz CT molecular complexity index is 1040. The zero-order valence-electron chi connectivity index (χ0n) is 16.3. The molecular formula is C21H20FN3O5. The molecule has 2 aromatic carbocycles. The fraction of sp³-hybridized carbons (Fsp3) is 0.286. The van der Waals surface area contributed by atoms with E-state index in [1.807, 2.05) is 6.07 Å². The molecule has 0 unspecified atom stereocenters. The molecule has 0 aliphatic carbocycles. The van der Waals surface area contributed by atoms with Gasteiger partial charge in [0.05, 0.1) is 6.61 Å². The summed E-state index contributed by atoms with van der Waals surface area (Å²) in [7, 11) is 1.56. The first-order valence-electron chi connectivity index (χ1n) is 9.40. The van der Waals surface area contributed by atoms with Crippen LogP contribution in [-0.2, 0) is 11.2 Å². The van der Waals surface area contributed by atoms with Crippen LogP contribution in [0.4, 0.5) is 4.39 Å². The van der Waals surface area contributed by atoms with Crippen LogP contribution in [0, 0.1) is 5.82 Å². The maximum atomic E-state index is 13.5. The Balaban J connectivity index is 1.44. The van der Waals surface area contributed by atoms with Gasteiger partial charge in [0, 0.05) is 37.7 Å². The standard InChI is InChI=1S/C21H20FN3O5/c1-27-10-9-25(21(26)15-3-2-4-16(22)11-15)8-7-19-23-20(24-30-19)14-5-6-17-18(12-14)29-13-28-17/h2-6,11-12H,7-10,13H2,1H3. The van der Waals surface area contributed by atoms with Crippen molar-refractivity contribution >= 4 is 5.91 Å². The average Bonchev–Trinajstić information content (AvgIpc) is 3.42. The smallest absolute Gasteiger partial charge is 0.254 e. The summed E-state index contributed by atoms with van der Waals surface area (Å²) in [5.74, 6) is 1.36. The molecule has 1 aliphatic rings. The van der Waals surface area contributed by atoms with Crippen molar-refractivity contribution in [3.05, 3.63) is 59.7 Å². The number of halogens is 1. The number of carbonyl (C=O) groups excluding carboxylic acids is 1. The number of rotatable bonds is 8. The molecule has 1 aromatic heterocycles. The minimum atomic E-state index is -0.460. The first kappa shape index (κ1) is 19.8. The van der Waals surface area contributed by atoms with Gasteiger partial charge in [-0.1, -0.05) is 11.2 Å². The summed E-state index contributed by atoms with van der Waals surface area (Å²) in [6.07, 6.45) is 0.350. The number of carbonyl (C=O) groups is 1. The number of aromatic nitrogens is 2. The number of ether oxygens (including phenoxy) is 3. The van der Waals surface area contributed by atoms with Gasteiger partial charge in [-0.15, -0.1) is 0 Å². The molecule has 9 heteroatoms. The Hall–Kier alpha value is -3.46. The Morgan fingerprint density at radius 2 is 2.03 bits per heavy atom. The number of hydrogen-bond acceptors (Lipinski definition) is 7. The molecule has 0 atom stereocenters. The number of nitrogens with zero attached hydrogens (tertiary/aromatic N) is 3. The van der Waals surface area contributed by atoms with E-state index < -0.39 is 5.82 Å². The number of amides is 1. The van der Waals surface area contributed by atoms with Gasteiger partial charge >= 0.3 is 0 Å². The predicted molar refractivity (Wildman–Crippen MR) is 104 cm³/mol. The molecule has 156 valence electrons. The third-order valence-corrected chi connectivity index (χ3v) is 4.62. The molecule has 1 aliphatic heterocycles. The van der Waals surface area contributed by atoms with Gasteiger partial charge in [0.2, 0.25) is 18.5 Å². The third kappa shape index (κ3) is 4.41. The normalized spacial score (nSPS) is 12.2. The molecule has 0 fully saturated rings. The second-order valence-corrected chi connectivity index (χ2v) is 6.63. The molecule has 0 bridgehead atoms. The Morgan fingerprint density at radius 3 is 2.87 bits per heavy atom. The predicted octanol–water partition coefficient (Wildman–Crippen LogP) is 2.94. The molecule has 0 saturated carbocycles. The van der Waals surface area contributed by atoms with Crippen LogP contribution in [-0.4, -0.2) is 54.5 Å². The topological polar surface area (TPSA) is 86.9 Å². The molecule has 8 nitrogen and oxygen atoms in total. The second kappa shape index (κ2) is 8.91. The molecule has 2 heterocycles. The molecule has 0 radical (unpaired) electrons. The van der Waals surface area contributed by atoms with Gasteiger partial charge in [-0.3, -0.25) is 4.79 Å². The third-order valence-electron chi connectivity index (χ3n) is 4.62. The van der Waals surface area contributed by atoms with Crippen molar-refractivity contribution in [3.8, 4) is 22.9 Å². The van der Waals surface area contributed by atoms with Crippen molar-refractivity contribution in [1.82, 2.24) is 15.0 Å². The van der Waals surface area contributed by atoms with E-state index >= 15 is 0 Å². The van der Waals surface area contributed by atoms with Gasteiger partial charge in [-0.25, -0.2) is 4.39 Å². The quantitative estimate of drug-likeness (QED) is 0.561. The highest BCUT2D eigenvalue weighted by molar-refractivity contribution is 5.94. The van der Waals surface area contributed by atoms with E-state index in [9.17, 15) is 9.18 Å². The van der Waals surface area contributed by atoms with E-state index in [2.05, 4.69) is 10.1 Å². The van der Waals surface area contributed by atoms with Crippen molar-refractivity contribution in [3.63, 3.8) is 0 Å². The van der Waals surface area contributed by atoms with E-state index in [0.29, 0.717) is 49.3 Å². The first-order chi connectivity index (χ1) is 14.6. The van der Waals surface area contributed by atoms with Crippen LogP contribution in [0.2, 0.25) is 0 Å². The summed E-state index contributed by atoms with van der Waals surface area (Å²) >= 11 is 0. The number of benzene rings is 2. The lowest BCUT2D eigenvalue weighted by atomic mass is 10.2. The molecule has 0 spiro atoms. The highest BCUT2D eigenvalue weighted by Crippen LogP contribution is 2.35. The van der Waals surface area contributed by atoms with Crippen LogP contribution < -0.4 is 9.47 Å². The van der Waals surface area contributed by atoms with Crippen LogP contribution in [0.3, 0.4) is 0 Å². The van der Waals surface area contributed by atoms with Gasteiger partial charge in [0.15, 0.2) is 11.5 Å². The first-order valence-corrected chi connectivity index (χ1v) is 9.40. The molecule has 0 saturated heterocycles. The van der Waals surface area contributed by atoms with Crippen molar-refractivity contribution in [2.24, 2.45) is 0 Å². The highest BCUT2D eigenvalue weighted by Gasteiger charge is 2.19. The van der Waals surface area contributed by atoms with Gasteiger partial charge in [-0.05, 0) is 36.4 Å². The van der Waals surface area contributed by atoms with E-state index in [4.69, 9.17) is 18.7 Å². The van der Waals surface area contributed by atoms with E-state index in [-0.39, 0.29) is 18.3 Å². The van der Waals surface area contributed by atoms with Crippen LogP contribution in [0.1, 0.15) is 16.2 Å². The van der Waals surface area contributed by atoms with Gasteiger partial charge < -0.3 is 23.6 Å². The monoisotopic (exact) mass is 413 g/mol. The maximum Gasteiger partial charge on any atom is 0.254 e. The minimum absolute atomic E-state index is 0.187. The summed E-state index contributed by atoms with van der Waals surface area (Å²) in [5.41, 5.74) is 1.01. The zero-order chi connectivity index (χ0) is 20.9. The summed E-state index contributed by atoms with van der Waals surface area (Å²) < 4.78 is 34.6. The number of hydrogen-bond donors (Lipinski definition) is 0. The van der Waals surface area contributed by atoms with Crippen LogP contribution in [0.15, 0.2) is 47.0 Å². The number of fused-ring (bicyclic) bond motifs is 1. The lowest BCUT2D eigenvalue weighted by Crippen LogP contribution is -2.35. The van der Waals surface area contributed by atoms with E-state index in [0.717, 1.165) is 5.56 Å². The lowest BCUT2D eigenvalue weighted by Gasteiger charge is -2.21. The molecular weight excluding hydrogens is 393 g/mol. The summed E-state index contributed by atoms with van der Waals surface area (Å²) in [6, 6.07) is 11.0. The lowest BCUT2D eigenvalue weighted by molar-refractivity contribution is 0.0693. The SMILES string of the molecule is COCCN(CCc1nc(-c2ccc3c(c2)OCO3)no1)C(=O)c1cccc(F)c1. The Morgan fingerprint density at radius 1 is 1.17 bits per heavy atom. The van der Waals surface area contributed by atoms with Crippen LogP contribution >= 0.6 is 0 Å². The maximum absolute atomic E-state index is 13.5. The Labute approximate surface area is 172 Å². The molecule has 1 amide bonds. The van der Waals surface area contributed by atoms with E-state index in [1.165, 1.54) is 18.2 Å². The number of methoxy groups -OCH3 is 1. The minimum Gasteiger partial charge on any atom is -0.454 e. The largest absolute Gasteiger partial charge is 0.454 e. The summed E-state index contributed by atoms with van der Waals surface area (Å²) in [5, 5.41) is 4.01. The summed E-state index contributed by atoms with van der Waals surface area (Å²) in [4.78, 5) is 18.7. The van der Waals surface area contributed by atoms with Crippen molar-refractivity contribution < 1.29 is 27.9 Å². The van der Waals surface area contributed by atoms with E-state index in [1.54, 1.807) is 30.2 Å². The van der Waals surface area contributed by atoms with Gasteiger partial charge in [-0.2, -0.15) is 4.98 Å². The van der Waals surface area contributed by atoms with Crippen molar-refractivity contribution in [2.45, 2.75) is 6.42 Å². The second-order valence-electron chi connectivity index (χ2n) is 6.63. The van der Waals surface area contributed by atoms with Crippen molar-refractivity contribution in [1.29, 1.82) is 0 Å². The fourth-order valence-electron chi connectivity index (χ4n) is 3.06. The van der Waals surface area contributed by atoms with Crippen molar-refractivity contribution in [2.75, 3.05) is 33.6 Å². The van der Waals surface area contributed by atoms with Gasteiger partial charge in [0.25, 0.3) is 5.91 Å². The molecule has 30 heavy (non-hydrogen) atoms. The fourth-order valence-corrected chi connectivity index (χ4v) is 3.06. The molecule has 3 aromatic rings. The van der Waals surface area contributed by atoms with Crippen LogP contribution in [0.25, 0.3) is 11.4 Å². The highest BCUT2D eigenvalue weighted by atomic mass is 19.1. The Kier molecular flexibility index (Phi) is 5.89. The summed E-state index contributed by atoms with van der Waals surface area (Å²) in [6.45, 7) is 1.22. The molecule has 4 rings (SSSR count). The van der Waals surface area contributed by atoms with Crippen LogP contribution in [0.5, 0.6) is 11.5 Å². The zero-order valence-corrected chi connectivity index (χ0v) is 16.3.